The normalized spacial score (nSPS) is 18.3. The minimum Gasteiger partial charge on any atom is -0.492 e. The number of carbonyl (C=O) groups excluding carboxylic acids is 2. The van der Waals surface area contributed by atoms with Gasteiger partial charge in [-0.25, -0.2) is 9.59 Å². The molecule has 1 aromatic heterocycles. The van der Waals surface area contributed by atoms with Crippen molar-refractivity contribution in [1.82, 2.24) is 9.63 Å². The molecule has 0 spiro atoms. The fourth-order valence-corrected chi connectivity index (χ4v) is 2.91. The lowest BCUT2D eigenvalue weighted by molar-refractivity contribution is -0.150. The van der Waals surface area contributed by atoms with Gasteiger partial charge in [0.15, 0.2) is 0 Å². The number of thioether (sulfide) groups is 1. The average molecular weight is 330 g/mol. The number of aromatic hydroxyl groups is 2. The summed E-state index contributed by atoms with van der Waals surface area (Å²) in [5.74, 6) is -0.947. The molecule has 0 aromatic carbocycles. The van der Waals surface area contributed by atoms with Gasteiger partial charge < -0.3 is 19.8 Å². The fourth-order valence-electron chi connectivity index (χ4n) is 1.78. The third-order valence-corrected chi connectivity index (χ3v) is 3.77. The minimum absolute atomic E-state index is 0.304. The molecule has 0 aliphatic carbocycles. The SMILES string of the molecule is CC(C)(C)OC(=O)N1CSC[C@H]1C(=O)On1c(O)ccc1O. The first-order valence-corrected chi connectivity index (χ1v) is 7.74. The van der Waals surface area contributed by atoms with Crippen LogP contribution in [0.4, 0.5) is 4.79 Å². The molecule has 1 aliphatic heterocycles. The first kappa shape index (κ1) is 16.3. The van der Waals surface area contributed by atoms with Crippen molar-refractivity contribution in [3.05, 3.63) is 12.1 Å². The van der Waals surface area contributed by atoms with E-state index >= 15 is 0 Å². The Morgan fingerprint density at radius 2 is 1.86 bits per heavy atom. The summed E-state index contributed by atoms with van der Waals surface area (Å²) in [7, 11) is 0. The highest BCUT2D eigenvalue weighted by molar-refractivity contribution is 7.99. The van der Waals surface area contributed by atoms with Gasteiger partial charge in [-0.05, 0) is 20.8 Å². The topological polar surface area (TPSA) is 101 Å². The van der Waals surface area contributed by atoms with Crippen LogP contribution in [0.15, 0.2) is 12.1 Å². The number of aromatic nitrogens is 1. The van der Waals surface area contributed by atoms with Gasteiger partial charge in [0, 0.05) is 17.9 Å². The number of ether oxygens (including phenoxy) is 1. The summed E-state index contributed by atoms with van der Waals surface area (Å²) in [4.78, 5) is 30.4. The molecule has 1 aromatic rings. The van der Waals surface area contributed by atoms with E-state index in [0.717, 1.165) is 0 Å². The second-order valence-electron chi connectivity index (χ2n) is 5.72. The van der Waals surface area contributed by atoms with Crippen LogP contribution in [-0.2, 0) is 9.53 Å². The maximum absolute atomic E-state index is 12.2. The van der Waals surface area contributed by atoms with E-state index in [9.17, 15) is 19.8 Å². The lowest BCUT2D eigenvalue weighted by Gasteiger charge is -2.26. The number of rotatable bonds is 2. The Bertz CT molecular complexity index is 560. The maximum Gasteiger partial charge on any atom is 0.411 e. The van der Waals surface area contributed by atoms with E-state index in [2.05, 4.69) is 0 Å². The molecule has 0 saturated carbocycles. The molecule has 8 nitrogen and oxygen atoms in total. The van der Waals surface area contributed by atoms with Crippen LogP contribution in [0.2, 0.25) is 0 Å². The Morgan fingerprint density at radius 1 is 1.27 bits per heavy atom. The number of hydrogen-bond donors (Lipinski definition) is 2. The molecule has 1 fully saturated rings. The Kier molecular flexibility index (Phi) is 4.45. The highest BCUT2D eigenvalue weighted by atomic mass is 32.2. The summed E-state index contributed by atoms with van der Waals surface area (Å²) < 4.78 is 5.84. The molecule has 1 saturated heterocycles. The van der Waals surface area contributed by atoms with E-state index in [4.69, 9.17) is 9.57 Å². The van der Waals surface area contributed by atoms with Gasteiger partial charge in [-0.2, -0.15) is 0 Å². The van der Waals surface area contributed by atoms with Crippen molar-refractivity contribution in [3.63, 3.8) is 0 Å². The molecular formula is C13H18N2O6S. The van der Waals surface area contributed by atoms with E-state index in [1.165, 1.54) is 28.8 Å². The van der Waals surface area contributed by atoms with E-state index in [1.807, 2.05) is 0 Å². The molecule has 0 unspecified atom stereocenters. The molecule has 2 heterocycles. The molecule has 22 heavy (non-hydrogen) atoms. The van der Waals surface area contributed by atoms with Gasteiger partial charge in [0.2, 0.25) is 11.8 Å². The Labute approximate surface area is 131 Å². The largest absolute Gasteiger partial charge is 0.492 e. The quantitative estimate of drug-likeness (QED) is 0.839. The van der Waals surface area contributed by atoms with Gasteiger partial charge in [-0.1, -0.05) is 0 Å². The van der Waals surface area contributed by atoms with Crippen LogP contribution in [0.3, 0.4) is 0 Å². The standard InChI is InChI=1S/C13H18N2O6S/c1-13(2,3)20-12(19)14-7-22-6-8(14)11(18)21-15-9(16)4-5-10(15)17/h4-5,8,16-17H,6-7H2,1-3H3/t8-/m0/s1. The maximum atomic E-state index is 12.2. The lowest BCUT2D eigenvalue weighted by atomic mass is 10.2. The van der Waals surface area contributed by atoms with Crippen LogP contribution in [-0.4, -0.2) is 55.2 Å². The molecule has 0 bridgehead atoms. The van der Waals surface area contributed by atoms with Crippen molar-refractivity contribution in [1.29, 1.82) is 0 Å². The van der Waals surface area contributed by atoms with Gasteiger partial charge >= 0.3 is 12.1 Å². The van der Waals surface area contributed by atoms with Crippen LogP contribution < -0.4 is 4.84 Å². The average Bonchev–Trinajstić information content (AvgIpc) is 2.98. The molecular weight excluding hydrogens is 312 g/mol. The van der Waals surface area contributed by atoms with Gasteiger partial charge in [0.25, 0.3) is 0 Å². The number of hydrogen-bond acceptors (Lipinski definition) is 7. The van der Waals surface area contributed by atoms with Crippen molar-refractivity contribution >= 4 is 23.8 Å². The minimum atomic E-state index is -0.846. The van der Waals surface area contributed by atoms with Gasteiger partial charge in [0.1, 0.15) is 11.6 Å². The molecule has 2 rings (SSSR count). The van der Waals surface area contributed by atoms with E-state index in [1.54, 1.807) is 20.8 Å². The summed E-state index contributed by atoms with van der Waals surface area (Å²) in [6.07, 6.45) is -0.611. The number of amides is 1. The second-order valence-corrected chi connectivity index (χ2v) is 6.72. The van der Waals surface area contributed by atoms with Crippen molar-refractivity contribution in [3.8, 4) is 11.8 Å². The molecule has 0 radical (unpaired) electrons. The summed E-state index contributed by atoms with van der Waals surface area (Å²) in [6, 6.07) is 1.51. The van der Waals surface area contributed by atoms with Crippen molar-refractivity contribution in [2.75, 3.05) is 11.6 Å². The van der Waals surface area contributed by atoms with Crippen molar-refractivity contribution < 1.29 is 29.4 Å². The molecule has 9 heteroatoms. The van der Waals surface area contributed by atoms with Crippen LogP contribution >= 0.6 is 11.8 Å². The summed E-state index contributed by atoms with van der Waals surface area (Å²) in [5, 5.41) is 18.9. The zero-order valence-electron chi connectivity index (χ0n) is 12.5. The van der Waals surface area contributed by atoms with Crippen LogP contribution in [0.5, 0.6) is 11.8 Å². The molecule has 1 atom stereocenters. The summed E-state index contributed by atoms with van der Waals surface area (Å²) in [6.45, 7) is 5.20. The summed E-state index contributed by atoms with van der Waals surface area (Å²) in [5.41, 5.74) is -0.671. The van der Waals surface area contributed by atoms with E-state index in [0.29, 0.717) is 16.4 Å². The van der Waals surface area contributed by atoms with Gasteiger partial charge in [0.05, 0.1) is 5.88 Å². The number of nitrogens with zero attached hydrogens (tertiary/aromatic N) is 2. The van der Waals surface area contributed by atoms with Crippen LogP contribution in [0, 0.1) is 0 Å². The zero-order valence-corrected chi connectivity index (χ0v) is 13.3. The van der Waals surface area contributed by atoms with Gasteiger partial charge in [-0.3, -0.25) is 4.90 Å². The number of carbonyl (C=O) groups is 2. The molecule has 1 aliphatic rings. The molecule has 122 valence electrons. The third-order valence-electron chi connectivity index (χ3n) is 2.76. The summed E-state index contributed by atoms with van der Waals surface area (Å²) >= 11 is 1.38. The Morgan fingerprint density at radius 3 is 2.41 bits per heavy atom. The molecule has 2 N–H and O–H groups in total. The first-order chi connectivity index (χ1) is 10.2. The van der Waals surface area contributed by atoms with Gasteiger partial charge in [-0.15, -0.1) is 16.5 Å². The predicted molar refractivity (Wildman–Crippen MR) is 78.5 cm³/mol. The first-order valence-electron chi connectivity index (χ1n) is 6.58. The zero-order chi connectivity index (χ0) is 16.5. The predicted octanol–water partition coefficient (Wildman–Crippen LogP) is 1.16. The fraction of sp³-hybridized carbons (Fsp3) is 0.538. The third kappa shape index (κ3) is 3.59. The van der Waals surface area contributed by atoms with Crippen LogP contribution in [0.1, 0.15) is 20.8 Å². The lowest BCUT2D eigenvalue weighted by Crippen LogP contribution is -2.47. The monoisotopic (exact) mass is 330 g/mol. The Hall–Kier alpha value is -2.03. The van der Waals surface area contributed by atoms with E-state index < -0.39 is 35.5 Å². The molecule has 1 amide bonds. The smallest absolute Gasteiger partial charge is 0.411 e. The van der Waals surface area contributed by atoms with E-state index in [-0.39, 0.29) is 0 Å². The highest BCUT2D eigenvalue weighted by Crippen LogP contribution is 2.25. The highest BCUT2D eigenvalue weighted by Gasteiger charge is 2.39. The van der Waals surface area contributed by atoms with Crippen molar-refractivity contribution in [2.24, 2.45) is 0 Å². The van der Waals surface area contributed by atoms with Crippen molar-refractivity contribution in [2.45, 2.75) is 32.4 Å². The second kappa shape index (κ2) is 5.99. The van der Waals surface area contributed by atoms with Crippen LogP contribution in [0.25, 0.3) is 0 Å². The Balaban J connectivity index is 2.07.